The molecular weight excluding hydrogens is 395 g/mol. The van der Waals surface area contributed by atoms with Gasteiger partial charge in [0.15, 0.2) is 6.10 Å². The standard InChI is InChI=1S/C20H17FN4O3S/c1-11-10-16(25(24-11)13-8-6-12(21)7-9-13)23-19(28)17(26)18(27)20-22-14-4-2-3-5-15(14)29-20/h2-10,17-18,26-27H,1H3,(H,23,28). The molecule has 4 rings (SSSR count). The molecule has 0 aliphatic rings. The van der Waals surface area contributed by atoms with E-state index in [-0.39, 0.29) is 10.8 Å². The van der Waals surface area contributed by atoms with Crippen LogP contribution in [0.5, 0.6) is 0 Å². The normalized spacial score (nSPS) is 13.4. The van der Waals surface area contributed by atoms with Crippen molar-refractivity contribution < 1.29 is 19.4 Å². The lowest BCUT2D eigenvalue weighted by Gasteiger charge is -2.16. The van der Waals surface area contributed by atoms with Crippen molar-refractivity contribution in [2.45, 2.75) is 19.1 Å². The van der Waals surface area contributed by atoms with E-state index in [9.17, 15) is 19.4 Å². The average molecular weight is 412 g/mol. The number of hydrogen-bond donors (Lipinski definition) is 3. The van der Waals surface area contributed by atoms with Crippen LogP contribution in [0.4, 0.5) is 10.2 Å². The Morgan fingerprint density at radius 2 is 1.90 bits per heavy atom. The molecule has 0 spiro atoms. The van der Waals surface area contributed by atoms with E-state index >= 15 is 0 Å². The third-order valence-corrected chi connectivity index (χ3v) is 5.39. The van der Waals surface area contributed by atoms with Gasteiger partial charge in [-0.25, -0.2) is 14.1 Å². The predicted octanol–water partition coefficient (Wildman–Crippen LogP) is 2.96. The van der Waals surface area contributed by atoms with E-state index < -0.39 is 23.9 Å². The van der Waals surface area contributed by atoms with E-state index in [4.69, 9.17) is 0 Å². The van der Waals surface area contributed by atoms with Gasteiger partial charge < -0.3 is 15.5 Å². The molecule has 2 heterocycles. The molecule has 1 amide bonds. The Bertz CT molecular complexity index is 1140. The summed E-state index contributed by atoms with van der Waals surface area (Å²) in [4.78, 5) is 16.8. The zero-order valence-electron chi connectivity index (χ0n) is 15.3. The molecule has 0 bridgehead atoms. The maximum Gasteiger partial charge on any atom is 0.257 e. The number of amides is 1. The summed E-state index contributed by atoms with van der Waals surface area (Å²) in [6, 6.07) is 14.5. The zero-order chi connectivity index (χ0) is 20.5. The number of aromatic nitrogens is 3. The highest BCUT2D eigenvalue weighted by Crippen LogP contribution is 2.28. The van der Waals surface area contributed by atoms with E-state index in [0.29, 0.717) is 16.9 Å². The van der Waals surface area contributed by atoms with Crippen molar-refractivity contribution in [3.05, 3.63) is 71.1 Å². The number of rotatable bonds is 5. The number of nitrogens with zero attached hydrogens (tertiary/aromatic N) is 3. The number of thiazole rings is 1. The first-order valence-corrected chi connectivity index (χ1v) is 9.59. The van der Waals surface area contributed by atoms with E-state index in [1.165, 1.54) is 40.3 Å². The van der Waals surface area contributed by atoms with Crippen molar-refractivity contribution >= 4 is 33.3 Å². The number of carbonyl (C=O) groups is 1. The fourth-order valence-corrected chi connectivity index (χ4v) is 3.85. The van der Waals surface area contributed by atoms with Gasteiger partial charge in [-0.1, -0.05) is 12.1 Å². The van der Waals surface area contributed by atoms with E-state index in [2.05, 4.69) is 15.4 Å². The van der Waals surface area contributed by atoms with Gasteiger partial charge in [-0.15, -0.1) is 11.3 Å². The van der Waals surface area contributed by atoms with Crippen LogP contribution in [0.2, 0.25) is 0 Å². The predicted molar refractivity (Wildman–Crippen MR) is 107 cm³/mol. The maximum absolute atomic E-state index is 13.2. The van der Waals surface area contributed by atoms with Crippen molar-refractivity contribution in [1.29, 1.82) is 0 Å². The SMILES string of the molecule is Cc1cc(NC(=O)C(O)C(O)c2nc3ccccc3s2)n(-c2ccc(F)cc2)n1. The Balaban J connectivity index is 1.55. The van der Waals surface area contributed by atoms with Crippen molar-refractivity contribution in [2.75, 3.05) is 5.32 Å². The van der Waals surface area contributed by atoms with Gasteiger partial charge in [0.2, 0.25) is 0 Å². The summed E-state index contributed by atoms with van der Waals surface area (Å²) in [6.07, 6.45) is -3.21. The Hall–Kier alpha value is -3.14. The molecule has 4 aromatic rings. The number of anilines is 1. The van der Waals surface area contributed by atoms with Crippen LogP contribution in [0, 0.1) is 12.7 Å². The minimum atomic E-state index is -1.73. The van der Waals surface area contributed by atoms with Gasteiger partial charge in [-0.3, -0.25) is 4.79 Å². The molecule has 0 saturated heterocycles. The summed E-state index contributed by atoms with van der Waals surface area (Å²) < 4.78 is 15.5. The topological polar surface area (TPSA) is 100 Å². The minimum absolute atomic E-state index is 0.247. The van der Waals surface area contributed by atoms with E-state index in [0.717, 1.165) is 4.70 Å². The molecule has 2 aromatic heterocycles. The Morgan fingerprint density at radius 3 is 2.62 bits per heavy atom. The summed E-state index contributed by atoms with van der Waals surface area (Å²) in [5.41, 5.74) is 1.84. The summed E-state index contributed by atoms with van der Waals surface area (Å²) in [6.45, 7) is 1.74. The number of para-hydroxylation sites is 1. The summed E-state index contributed by atoms with van der Waals surface area (Å²) >= 11 is 1.21. The highest BCUT2D eigenvalue weighted by molar-refractivity contribution is 7.18. The number of hydrogen-bond acceptors (Lipinski definition) is 6. The third-order valence-electron chi connectivity index (χ3n) is 4.29. The lowest BCUT2D eigenvalue weighted by atomic mass is 10.2. The van der Waals surface area contributed by atoms with Crippen LogP contribution in [0.1, 0.15) is 16.8 Å². The molecule has 0 aliphatic carbocycles. The number of halogens is 1. The van der Waals surface area contributed by atoms with Crippen molar-refractivity contribution in [3.63, 3.8) is 0 Å². The van der Waals surface area contributed by atoms with Gasteiger partial charge in [-0.2, -0.15) is 5.10 Å². The van der Waals surface area contributed by atoms with Gasteiger partial charge in [0.1, 0.15) is 22.7 Å². The molecule has 0 aliphatic heterocycles. The highest BCUT2D eigenvalue weighted by Gasteiger charge is 2.29. The first-order chi connectivity index (χ1) is 13.9. The van der Waals surface area contributed by atoms with Gasteiger partial charge in [0.05, 0.1) is 21.6 Å². The van der Waals surface area contributed by atoms with E-state index in [1.807, 2.05) is 18.2 Å². The van der Waals surface area contributed by atoms with Crippen LogP contribution in [-0.2, 0) is 4.79 Å². The number of aliphatic hydroxyl groups excluding tert-OH is 2. The summed E-state index contributed by atoms with van der Waals surface area (Å²) in [7, 11) is 0. The number of benzene rings is 2. The monoisotopic (exact) mass is 412 g/mol. The lowest BCUT2D eigenvalue weighted by molar-refractivity contribution is -0.129. The highest BCUT2D eigenvalue weighted by atomic mass is 32.1. The molecule has 29 heavy (non-hydrogen) atoms. The second-order valence-electron chi connectivity index (χ2n) is 6.46. The Kier molecular flexibility index (Phi) is 5.10. The van der Waals surface area contributed by atoms with Crippen molar-refractivity contribution in [1.82, 2.24) is 14.8 Å². The second-order valence-corrected chi connectivity index (χ2v) is 7.52. The van der Waals surface area contributed by atoms with Gasteiger partial charge in [-0.05, 0) is 43.3 Å². The van der Waals surface area contributed by atoms with Crippen LogP contribution in [0.15, 0.2) is 54.6 Å². The molecule has 0 saturated carbocycles. The van der Waals surface area contributed by atoms with Crippen molar-refractivity contribution in [3.8, 4) is 5.69 Å². The molecular formula is C20H17FN4O3S. The molecule has 9 heteroatoms. The van der Waals surface area contributed by atoms with Gasteiger partial charge in [0.25, 0.3) is 5.91 Å². The molecule has 3 N–H and O–H groups in total. The molecule has 148 valence electrons. The third kappa shape index (κ3) is 3.88. The van der Waals surface area contributed by atoms with Crippen LogP contribution in [0.3, 0.4) is 0 Å². The minimum Gasteiger partial charge on any atom is -0.383 e. The Morgan fingerprint density at radius 1 is 1.17 bits per heavy atom. The number of fused-ring (bicyclic) bond motifs is 1. The number of carbonyl (C=O) groups excluding carboxylic acids is 1. The van der Waals surface area contributed by atoms with E-state index in [1.54, 1.807) is 19.1 Å². The zero-order valence-corrected chi connectivity index (χ0v) is 16.1. The number of aryl methyl sites for hydroxylation is 1. The fraction of sp³-hybridized carbons (Fsp3) is 0.150. The first-order valence-electron chi connectivity index (χ1n) is 8.77. The summed E-state index contributed by atoms with van der Waals surface area (Å²) in [5, 5.41) is 27.9. The van der Waals surface area contributed by atoms with Crippen molar-refractivity contribution in [2.24, 2.45) is 0 Å². The second kappa shape index (κ2) is 7.70. The smallest absolute Gasteiger partial charge is 0.257 e. The number of nitrogens with one attached hydrogen (secondary N) is 1. The molecule has 2 atom stereocenters. The molecule has 2 aromatic carbocycles. The van der Waals surface area contributed by atoms with Crippen LogP contribution >= 0.6 is 11.3 Å². The van der Waals surface area contributed by atoms with Crippen LogP contribution in [0.25, 0.3) is 15.9 Å². The summed E-state index contributed by atoms with van der Waals surface area (Å²) in [5.74, 6) is -0.910. The average Bonchev–Trinajstić information content (AvgIpc) is 3.30. The maximum atomic E-state index is 13.2. The van der Waals surface area contributed by atoms with Crippen LogP contribution < -0.4 is 5.32 Å². The quantitative estimate of drug-likeness (QED) is 0.468. The molecule has 7 nitrogen and oxygen atoms in total. The number of aliphatic hydroxyl groups is 2. The Labute approximate surface area is 169 Å². The van der Waals surface area contributed by atoms with Gasteiger partial charge in [0, 0.05) is 6.07 Å². The molecule has 2 unspecified atom stereocenters. The largest absolute Gasteiger partial charge is 0.383 e. The fourth-order valence-electron chi connectivity index (χ4n) is 2.86. The lowest BCUT2D eigenvalue weighted by Crippen LogP contribution is -2.33. The molecule has 0 radical (unpaired) electrons. The van der Waals surface area contributed by atoms with Gasteiger partial charge >= 0.3 is 0 Å². The first kappa shape index (κ1) is 19.2. The van der Waals surface area contributed by atoms with Crippen LogP contribution in [-0.4, -0.2) is 37.0 Å². The molecule has 0 fully saturated rings.